The first-order chi connectivity index (χ1) is 14.0. The van der Waals surface area contributed by atoms with Gasteiger partial charge in [-0.2, -0.15) is 0 Å². The number of hydrogen-bond donors (Lipinski definition) is 1. The first kappa shape index (κ1) is 19.6. The van der Waals surface area contributed by atoms with Gasteiger partial charge in [0.15, 0.2) is 0 Å². The number of rotatable bonds is 5. The fourth-order valence-electron chi connectivity index (χ4n) is 3.08. The van der Waals surface area contributed by atoms with E-state index < -0.39 is 0 Å². The van der Waals surface area contributed by atoms with E-state index >= 15 is 0 Å². The summed E-state index contributed by atoms with van der Waals surface area (Å²) >= 11 is 3.10. The topological polar surface area (TPSA) is 54.9 Å². The van der Waals surface area contributed by atoms with Gasteiger partial charge in [0, 0.05) is 16.0 Å². The fraction of sp³-hybridized carbons (Fsp3) is 0.174. The predicted octanol–water partition coefficient (Wildman–Crippen LogP) is 6.09. The lowest BCUT2D eigenvalue weighted by molar-refractivity contribution is -0.115. The molecule has 0 unspecified atom stereocenters. The minimum atomic E-state index is -0.283. The van der Waals surface area contributed by atoms with Crippen molar-refractivity contribution < 1.29 is 4.79 Å². The summed E-state index contributed by atoms with van der Waals surface area (Å²) in [6.07, 6.45) is 1.57. The van der Waals surface area contributed by atoms with E-state index in [0.717, 1.165) is 36.9 Å². The summed E-state index contributed by atoms with van der Waals surface area (Å²) in [5, 5.41) is 4.58. The van der Waals surface area contributed by atoms with Gasteiger partial charge in [0.2, 0.25) is 5.91 Å². The van der Waals surface area contributed by atoms with E-state index in [9.17, 15) is 4.79 Å². The van der Waals surface area contributed by atoms with Gasteiger partial charge in [-0.05, 0) is 44.0 Å². The van der Waals surface area contributed by atoms with E-state index in [1.165, 1.54) is 17.3 Å². The number of thiophene rings is 1. The minimum absolute atomic E-state index is 0.0350. The molecule has 2 heterocycles. The molecule has 0 saturated heterocycles. The van der Waals surface area contributed by atoms with Crippen molar-refractivity contribution in [3.05, 3.63) is 72.1 Å². The summed E-state index contributed by atoms with van der Waals surface area (Å²) in [6, 6.07) is 18.4. The lowest BCUT2D eigenvalue weighted by Gasteiger charge is -2.14. The molecule has 4 nitrogen and oxygen atoms in total. The van der Waals surface area contributed by atoms with Crippen molar-refractivity contribution in [2.75, 3.05) is 5.32 Å². The number of thioether (sulfide) groups is 1. The molecule has 0 spiro atoms. The van der Waals surface area contributed by atoms with E-state index in [2.05, 4.69) is 39.6 Å². The zero-order valence-corrected chi connectivity index (χ0v) is 18.1. The van der Waals surface area contributed by atoms with Crippen LogP contribution in [0, 0.1) is 13.8 Å². The SMILES string of the molecule is Cc1ccc(NC(=O)[C@H](C)Sc2ncnc3sc(-c4ccccc4)cc23)c(C)c1. The maximum Gasteiger partial charge on any atom is 0.237 e. The highest BCUT2D eigenvalue weighted by Crippen LogP contribution is 2.37. The Morgan fingerprint density at radius 1 is 1.07 bits per heavy atom. The standard InChI is InChI=1S/C23H21N3OS2/c1-14-9-10-19(15(2)11-14)26-21(27)16(3)28-22-18-12-20(17-7-5-4-6-8-17)29-23(18)25-13-24-22/h4-13,16H,1-3H3,(H,26,27)/t16-/m0/s1. The highest BCUT2D eigenvalue weighted by atomic mass is 32.2. The average molecular weight is 420 g/mol. The number of nitrogens with zero attached hydrogens (tertiary/aromatic N) is 2. The molecule has 6 heteroatoms. The van der Waals surface area contributed by atoms with Crippen LogP contribution in [0.25, 0.3) is 20.7 Å². The van der Waals surface area contributed by atoms with Crippen LogP contribution in [0.3, 0.4) is 0 Å². The number of carbonyl (C=O) groups is 1. The van der Waals surface area contributed by atoms with Gasteiger partial charge in [-0.25, -0.2) is 9.97 Å². The van der Waals surface area contributed by atoms with Gasteiger partial charge in [0.25, 0.3) is 0 Å². The van der Waals surface area contributed by atoms with E-state index in [0.29, 0.717) is 0 Å². The van der Waals surface area contributed by atoms with Crippen molar-refractivity contribution in [2.24, 2.45) is 0 Å². The molecule has 1 amide bonds. The van der Waals surface area contributed by atoms with Gasteiger partial charge in [-0.3, -0.25) is 4.79 Å². The molecule has 0 aliphatic carbocycles. The summed E-state index contributed by atoms with van der Waals surface area (Å²) in [5.74, 6) is -0.0350. The van der Waals surface area contributed by atoms with Crippen LogP contribution in [0.4, 0.5) is 5.69 Å². The fourth-order valence-corrected chi connectivity index (χ4v) is 5.04. The second-order valence-corrected chi connectivity index (χ2v) is 9.30. The van der Waals surface area contributed by atoms with Crippen molar-refractivity contribution >= 4 is 44.9 Å². The van der Waals surface area contributed by atoms with Crippen molar-refractivity contribution in [1.82, 2.24) is 9.97 Å². The van der Waals surface area contributed by atoms with E-state index in [4.69, 9.17) is 0 Å². The largest absolute Gasteiger partial charge is 0.325 e. The van der Waals surface area contributed by atoms with Crippen LogP contribution in [-0.4, -0.2) is 21.1 Å². The molecule has 1 N–H and O–H groups in total. The van der Waals surface area contributed by atoms with E-state index in [-0.39, 0.29) is 11.2 Å². The molecule has 4 aromatic rings. The molecule has 0 saturated carbocycles. The molecular weight excluding hydrogens is 398 g/mol. The number of hydrogen-bond acceptors (Lipinski definition) is 5. The molecular formula is C23H21N3OS2. The third kappa shape index (κ3) is 4.33. The Kier molecular flexibility index (Phi) is 5.65. The zero-order chi connectivity index (χ0) is 20.4. The second kappa shape index (κ2) is 8.35. The van der Waals surface area contributed by atoms with Gasteiger partial charge < -0.3 is 5.32 Å². The number of carbonyl (C=O) groups excluding carboxylic acids is 1. The third-order valence-corrected chi connectivity index (χ3v) is 6.86. The Bertz CT molecular complexity index is 1170. The van der Waals surface area contributed by atoms with Crippen molar-refractivity contribution in [3.63, 3.8) is 0 Å². The monoisotopic (exact) mass is 419 g/mol. The molecule has 4 rings (SSSR count). The van der Waals surface area contributed by atoms with Crippen molar-refractivity contribution in [3.8, 4) is 10.4 Å². The predicted molar refractivity (Wildman–Crippen MR) is 123 cm³/mol. The summed E-state index contributed by atoms with van der Waals surface area (Å²) in [7, 11) is 0. The number of fused-ring (bicyclic) bond motifs is 1. The molecule has 0 aliphatic heterocycles. The zero-order valence-electron chi connectivity index (χ0n) is 16.5. The molecule has 29 heavy (non-hydrogen) atoms. The van der Waals surface area contributed by atoms with Crippen LogP contribution in [0.2, 0.25) is 0 Å². The number of nitrogens with one attached hydrogen (secondary N) is 1. The Morgan fingerprint density at radius 3 is 2.62 bits per heavy atom. The van der Waals surface area contributed by atoms with Crippen molar-refractivity contribution in [1.29, 1.82) is 0 Å². The normalized spacial score (nSPS) is 12.1. The smallest absolute Gasteiger partial charge is 0.237 e. The Hall–Kier alpha value is -2.70. The van der Waals surface area contributed by atoms with Gasteiger partial charge >= 0.3 is 0 Å². The Morgan fingerprint density at radius 2 is 1.86 bits per heavy atom. The molecule has 2 aromatic carbocycles. The molecule has 2 aromatic heterocycles. The summed E-state index contributed by atoms with van der Waals surface area (Å²) in [6.45, 7) is 5.95. The number of aromatic nitrogens is 2. The molecule has 1 atom stereocenters. The highest BCUT2D eigenvalue weighted by Gasteiger charge is 2.19. The number of amides is 1. The molecule has 0 aliphatic rings. The van der Waals surface area contributed by atoms with Crippen LogP contribution < -0.4 is 5.32 Å². The van der Waals surface area contributed by atoms with Gasteiger partial charge in [0.05, 0.1) is 5.25 Å². The highest BCUT2D eigenvalue weighted by molar-refractivity contribution is 8.00. The van der Waals surface area contributed by atoms with Gasteiger partial charge in [-0.1, -0.05) is 59.8 Å². The Balaban J connectivity index is 1.55. The summed E-state index contributed by atoms with van der Waals surface area (Å²) < 4.78 is 0. The summed E-state index contributed by atoms with van der Waals surface area (Å²) in [5.41, 5.74) is 4.25. The first-order valence-electron chi connectivity index (χ1n) is 9.36. The van der Waals surface area contributed by atoms with Crippen LogP contribution in [-0.2, 0) is 4.79 Å². The second-order valence-electron chi connectivity index (χ2n) is 6.94. The molecule has 0 bridgehead atoms. The summed E-state index contributed by atoms with van der Waals surface area (Å²) in [4.78, 5) is 23.7. The quantitative estimate of drug-likeness (QED) is 0.314. The van der Waals surface area contributed by atoms with Crippen LogP contribution in [0.15, 0.2) is 66.0 Å². The van der Waals surface area contributed by atoms with E-state index in [1.807, 2.05) is 51.1 Å². The molecule has 146 valence electrons. The van der Waals surface area contributed by atoms with Crippen molar-refractivity contribution in [2.45, 2.75) is 31.0 Å². The molecule has 0 fully saturated rings. The maximum atomic E-state index is 12.7. The Labute approximate surface area is 178 Å². The number of benzene rings is 2. The first-order valence-corrected chi connectivity index (χ1v) is 11.1. The van der Waals surface area contributed by atoms with Gasteiger partial charge in [0.1, 0.15) is 16.2 Å². The van der Waals surface area contributed by atoms with Gasteiger partial charge in [-0.15, -0.1) is 11.3 Å². The number of anilines is 1. The van der Waals surface area contributed by atoms with E-state index in [1.54, 1.807) is 17.7 Å². The van der Waals surface area contributed by atoms with Crippen LogP contribution >= 0.6 is 23.1 Å². The maximum absolute atomic E-state index is 12.7. The molecule has 0 radical (unpaired) electrons. The lowest BCUT2D eigenvalue weighted by Crippen LogP contribution is -2.23. The third-order valence-electron chi connectivity index (χ3n) is 4.65. The lowest BCUT2D eigenvalue weighted by atomic mass is 10.1. The minimum Gasteiger partial charge on any atom is -0.325 e. The average Bonchev–Trinajstić information content (AvgIpc) is 3.16. The van der Waals surface area contributed by atoms with Crippen LogP contribution in [0.1, 0.15) is 18.1 Å². The van der Waals surface area contributed by atoms with Crippen LogP contribution in [0.5, 0.6) is 0 Å². The number of aryl methyl sites for hydroxylation is 2.